The third-order valence-corrected chi connectivity index (χ3v) is 1.59. The SMILES string of the molecule is CCC(N)Cc1nnc(C)nn1. The first-order valence-corrected chi connectivity index (χ1v) is 4.00. The van der Waals surface area contributed by atoms with Gasteiger partial charge in [0, 0.05) is 12.5 Å². The van der Waals surface area contributed by atoms with E-state index in [1.54, 1.807) is 6.92 Å². The second kappa shape index (κ2) is 4.06. The Morgan fingerprint density at radius 2 is 1.83 bits per heavy atom. The van der Waals surface area contributed by atoms with Gasteiger partial charge in [0.05, 0.1) is 0 Å². The van der Waals surface area contributed by atoms with Crippen molar-refractivity contribution in [2.24, 2.45) is 5.73 Å². The van der Waals surface area contributed by atoms with E-state index in [1.807, 2.05) is 6.92 Å². The van der Waals surface area contributed by atoms with Crippen molar-refractivity contribution in [1.29, 1.82) is 0 Å². The van der Waals surface area contributed by atoms with Crippen molar-refractivity contribution in [3.8, 4) is 0 Å². The van der Waals surface area contributed by atoms with Gasteiger partial charge in [0.15, 0.2) is 11.6 Å². The summed E-state index contributed by atoms with van der Waals surface area (Å²) in [6, 6.07) is 0.108. The average molecular weight is 167 g/mol. The van der Waals surface area contributed by atoms with Crippen LogP contribution < -0.4 is 5.73 Å². The lowest BCUT2D eigenvalue weighted by Crippen LogP contribution is -2.23. The summed E-state index contributed by atoms with van der Waals surface area (Å²) in [5, 5.41) is 15.3. The van der Waals surface area contributed by atoms with Gasteiger partial charge in [0.25, 0.3) is 0 Å². The Bertz CT molecular complexity index is 232. The maximum Gasteiger partial charge on any atom is 0.175 e. The van der Waals surface area contributed by atoms with Gasteiger partial charge < -0.3 is 5.73 Å². The summed E-state index contributed by atoms with van der Waals surface area (Å²) in [6.07, 6.45) is 1.56. The lowest BCUT2D eigenvalue weighted by Gasteiger charge is -2.04. The second-order valence-corrected chi connectivity index (χ2v) is 2.74. The zero-order valence-corrected chi connectivity index (χ0v) is 7.36. The van der Waals surface area contributed by atoms with Crippen molar-refractivity contribution < 1.29 is 0 Å². The molecule has 1 atom stereocenters. The zero-order chi connectivity index (χ0) is 8.97. The van der Waals surface area contributed by atoms with Crippen LogP contribution in [-0.4, -0.2) is 26.4 Å². The molecule has 0 aliphatic heterocycles. The van der Waals surface area contributed by atoms with Gasteiger partial charge in [-0.3, -0.25) is 0 Å². The van der Waals surface area contributed by atoms with Gasteiger partial charge in [-0.05, 0) is 13.3 Å². The quantitative estimate of drug-likeness (QED) is 0.677. The number of hydrogen-bond donors (Lipinski definition) is 1. The highest BCUT2D eigenvalue weighted by Gasteiger charge is 2.04. The van der Waals surface area contributed by atoms with Gasteiger partial charge >= 0.3 is 0 Å². The summed E-state index contributed by atoms with van der Waals surface area (Å²) in [5.41, 5.74) is 5.71. The van der Waals surface area contributed by atoms with Gasteiger partial charge in [0.2, 0.25) is 0 Å². The van der Waals surface area contributed by atoms with Crippen molar-refractivity contribution in [3.05, 3.63) is 11.6 Å². The predicted molar refractivity (Wildman–Crippen MR) is 44.3 cm³/mol. The Labute approximate surface area is 71.4 Å². The molecule has 1 rings (SSSR count). The highest BCUT2D eigenvalue weighted by Crippen LogP contribution is 1.94. The number of nitrogens with zero attached hydrogens (tertiary/aromatic N) is 4. The largest absolute Gasteiger partial charge is 0.327 e. The van der Waals surface area contributed by atoms with E-state index >= 15 is 0 Å². The number of aryl methyl sites for hydroxylation is 1. The molecule has 0 spiro atoms. The molecule has 66 valence electrons. The highest BCUT2D eigenvalue weighted by atomic mass is 15.3. The van der Waals surface area contributed by atoms with Crippen LogP contribution in [0.4, 0.5) is 0 Å². The summed E-state index contributed by atoms with van der Waals surface area (Å²) in [4.78, 5) is 0. The Kier molecular flexibility index (Phi) is 3.04. The molecule has 0 aliphatic carbocycles. The van der Waals surface area contributed by atoms with Crippen LogP contribution in [0, 0.1) is 6.92 Å². The van der Waals surface area contributed by atoms with E-state index in [9.17, 15) is 0 Å². The van der Waals surface area contributed by atoms with Gasteiger partial charge in [-0.1, -0.05) is 6.92 Å². The summed E-state index contributed by atoms with van der Waals surface area (Å²) in [5.74, 6) is 1.21. The summed E-state index contributed by atoms with van der Waals surface area (Å²) in [6.45, 7) is 3.78. The molecule has 0 amide bonds. The van der Waals surface area contributed by atoms with E-state index in [-0.39, 0.29) is 6.04 Å². The minimum Gasteiger partial charge on any atom is -0.327 e. The Balaban J connectivity index is 2.58. The molecular formula is C7H13N5. The first-order chi connectivity index (χ1) is 5.72. The number of aromatic nitrogens is 4. The van der Waals surface area contributed by atoms with E-state index in [0.29, 0.717) is 18.1 Å². The molecule has 1 aromatic rings. The third-order valence-electron chi connectivity index (χ3n) is 1.59. The van der Waals surface area contributed by atoms with Gasteiger partial charge in [0.1, 0.15) is 0 Å². The molecule has 5 heteroatoms. The molecule has 1 aromatic heterocycles. The van der Waals surface area contributed by atoms with Crippen molar-refractivity contribution in [3.63, 3.8) is 0 Å². The van der Waals surface area contributed by atoms with Crippen LogP contribution in [0.2, 0.25) is 0 Å². The van der Waals surface area contributed by atoms with Crippen LogP contribution in [0.1, 0.15) is 25.0 Å². The molecule has 0 bridgehead atoms. The number of nitrogens with two attached hydrogens (primary N) is 1. The van der Waals surface area contributed by atoms with Crippen molar-refractivity contribution in [2.75, 3.05) is 0 Å². The molecule has 0 fully saturated rings. The van der Waals surface area contributed by atoms with E-state index in [1.165, 1.54) is 0 Å². The monoisotopic (exact) mass is 167 g/mol. The fourth-order valence-electron chi connectivity index (χ4n) is 0.761. The predicted octanol–water partition coefficient (Wildman–Crippen LogP) is -0.145. The lowest BCUT2D eigenvalue weighted by atomic mass is 10.2. The van der Waals surface area contributed by atoms with E-state index < -0.39 is 0 Å². The van der Waals surface area contributed by atoms with Gasteiger partial charge in [-0.25, -0.2) is 0 Å². The Hall–Kier alpha value is -1.10. The van der Waals surface area contributed by atoms with E-state index in [0.717, 1.165) is 6.42 Å². The molecule has 1 heterocycles. The normalized spacial score (nSPS) is 12.9. The van der Waals surface area contributed by atoms with E-state index in [2.05, 4.69) is 20.4 Å². The number of rotatable bonds is 3. The second-order valence-electron chi connectivity index (χ2n) is 2.74. The van der Waals surface area contributed by atoms with Crippen LogP contribution in [0.3, 0.4) is 0 Å². The topological polar surface area (TPSA) is 77.6 Å². The molecule has 12 heavy (non-hydrogen) atoms. The highest BCUT2D eigenvalue weighted by molar-refractivity contribution is 4.84. The molecule has 0 aliphatic rings. The van der Waals surface area contributed by atoms with E-state index in [4.69, 9.17) is 5.73 Å². The van der Waals surface area contributed by atoms with Crippen molar-refractivity contribution >= 4 is 0 Å². The first-order valence-electron chi connectivity index (χ1n) is 4.00. The molecule has 0 saturated heterocycles. The fraction of sp³-hybridized carbons (Fsp3) is 0.714. The maximum atomic E-state index is 5.71. The van der Waals surface area contributed by atoms with Crippen LogP contribution in [0.5, 0.6) is 0 Å². The summed E-state index contributed by atoms with van der Waals surface area (Å²) in [7, 11) is 0. The third kappa shape index (κ3) is 2.50. The van der Waals surface area contributed by atoms with Crippen molar-refractivity contribution in [1.82, 2.24) is 20.4 Å². The Morgan fingerprint density at radius 1 is 1.25 bits per heavy atom. The molecular weight excluding hydrogens is 154 g/mol. The van der Waals surface area contributed by atoms with Crippen LogP contribution in [-0.2, 0) is 6.42 Å². The molecule has 5 nitrogen and oxygen atoms in total. The summed E-state index contributed by atoms with van der Waals surface area (Å²) < 4.78 is 0. The van der Waals surface area contributed by atoms with Gasteiger partial charge in [-0.15, -0.1) is 20.4 Å². The zero-order valence-electron chi connectivity index (χ0n) is 7.36. The minimum atomic E-state index is 0.108. The van der Waals surface area contributed by atoms with Crippen LogP contribution in [0.25, 0.3) is 0 Å². The smallest absolute Gasteiger partial charge is 0.175 e. The molecule has 0 saturated carbocycles. The molecule has 1 unspecified atom stereocenters. The van der Waals surface area contributed by atoms with Crippen LogP contribution >= 0.6 is 0 Å². The maximum absolute atomic E-state index is 5.71. The first kappa shape index (κ1) is 8.99. The number of hydrogen-bond acceptors (Lipinski definition) is 5. The molecule has 0 aromatic carbocycles. The average Bonchev–Trinajstić information content (AvgIpc) is 2.09. The molecule has 2 N–H and O–H groups in total. The standard InChI is InChI=1S/C7H13N5/c1-3-6(8)4-7-11-9-5(2)10-12-7/h6H,3-4,8H2,1-2H3. The van der Waals surface area contributed by atoms with Crippen molar-refractivity contribution in [2.45, 2.75) is 32.7 Å². The molecule has 0 radical (unpaired) electrons. The van der Waals surface area contributed by atoms with Crippen LogP contribution in [0.15, 0.2) is 0 Å². The fourth-order valence-corrected chi connectivity index (χ4v) is 0.761. The van der Waals surface area contributed by atoms with Gasteiger partial charge in [-0.2, -0.15) is 0 Å². The minimum absolute atomic E-state index is 0.108. The Morgan fingerprint density at radius 3 is 2.33 bits per heavy atom. The summed E-state index contributed by atoms with van der Waals surface area (Å²) >= 11 is 0. The lowest BCUT2D eigenvalue weighted by molar-refractivity contribution is 0.599.